The van der Waals surface area contributed by atoms with Gasteiger partial charge in [-0.2, -0.15) is 0 Å². The fourth-order valence-electron chi connectivity index (χ4n) is 7.65. The first kappa shape index (κ1) is 18.2. The lowest BCUT2D eigenvalue weighted by Gasteiger charge is -2.16. The Hall–Kier alpha value is -6.84. The summed E-state index contributed by atoms with van der Waals surface area (Å²) < 4.78 is 119. The molecule has 8 aromatic carbocycles. The largest absolute Gasteiger partial charge is 0.309 e. The molecule has 0 radical (unpaired) electrons. The molecule has 11 aromatic rings. The van der Waals surface area contributed by atoms with Crippen LogP contribution in [0.5, 0.6) is 0 Å². The van der Waals surface area contributed by atoms with Crippen molar-refractivity contribution in [3.63, 3.8) is 0 Å². The van der Waals surface area contributed by atoms with Gasteiger partial charge in [-0.25, -0.2) is 0 Å². The second-order valence-electron chi connectivity index (χ2n) is 12.4. The number of rotatable bonds is 4. The number of hydrogen-bond acceptors (Lipinski definition) is 0. The average molecular weight is 663 g/mol. The number of para-hydroxylation sites is 5. The summed E-state index contributed by atoms with van der Waals surface area (Å²) in [6.45, 7) is 0. The highest BCUT2D eigenvalue weighted by Crippen LogP contribution is 2.39. The minimum absolute atomic E-state index is 0.0122. The monoisotopic (exact) mass is 662 g/mol. The van der Waals surface area contributed by atoms with Crippen molar-refractivity contribution in [3.8, 4) is 28.2 Å². The molecule has 0 aliphatic rings. The standard InChI is InChI=1S/C48H31N3/c1-2-14-32(15-3-1)33-28-35(50-45-23-11-6-18-39(45)40-19-7-12-24-46(40)50)30-36(29-33)51-47-25-13-8-20-41(47)42-31-34(26-27-48(42)51)49-43-21-9-4-16-37(43)38-17-5-10-22-44(38)49/h1-31H/i1D,2D,3D,4D,5D,9D,10D,14D,15D,16D,17D,21D,22D. The molecule has 0 amide bonds. The van der Waals surface area contributed by atoms with E-state index in [0.717, 1.165) is 32.7 Å². The molecule has 51 heavy (non-hydrogen) atoms. The molecule has 3 heteroatoms. The van der Waals surface area contributed by atoms with E-state index in [2.05, 4.69) is 4.57 Å². The van der Waals surface area contributed by atoms with Gasteiger partial charge >= 0.3 is 0 Å². The van der Waals surface area contributed by atoms with Crippen molar-refractivity contribution in [1.82, 2.24) is 13.7 Å². The van der Waals surface area contributed by atoms with Crippen molar-refractivity contribution in [2.24, 2.45) is 0 Å². The highest BCUT2D eigenvalue weighted by molar-refractivity contribution is 6.13. The molecule has 0 aliphatic heterocycles. The zero-order valence-corrected chi connectivity index (χ0v) is 26.7. The van der Waals surface area contributed by atoms with E-state index >= 15 is 0 Å². The van der Waals surface area contributed by atoms with Gasteiger partial charge in [0, 0.05) is 49.4 Å². The topological polar surface area (TPSA) is 14.8 Å². The van der Waals surface area contributed by atoms with Crippen LogP contribution in [0, 0.1) is 0 Å². The van der Waals surface area contributed by atoms with Crippen LogP contribution < -0.4 is 0 Å². The number of fused-ring (bicyclic) bond motifs is 9. The second kappa shape index (κ2) is 10.8. The van der Waals surface area contributed by atoms with Crippen LogP contribution >= 0.6 is 0 Å². The van der Waals surface area contributed by atoms with E-state index in [4.69, 9.17) is 17.8 Å². The molecule has 0 atom stereocenters. The lowest BCUT2D eigenvalue weighted by molar-refractivity contribution is 1.13. The third-order valence-corrected chi connectivity index (χ3v) is 9.73. The van der Waals surface area contributed by atoms with Gasteiger partial charge in [-0.15, -0.1) is 0 Å². The summed E-state index contributed by atoms with van der Waals surface area (Å²) in [5, 5.41) is 3.48. The summed E-state index contributed by atoms with van der Waals surface area (Å²) in [6.07, 6.45) is 0. The molecule has 0 saturated carbocycles. The van der Waals surface area contributed by atoms with Crippen LogP contribution in [0.2, 0.25) is 0 Å². The van der Waals surface area contributed by atoms with Gasteiger partial charge < -0.3 is 13.7 Å². The third kappa shape index (κ3) is 4.12. The first-order valence-electron chi connectivity index (χ1n) is 23.0. The van der Waals surface area contributed by atoms with Crippen LogP contribution in [0.3, 0.4) is 0 Å². The molecule has 0 unspecified atom stereocenters. The molecule has 11 rings (SSSR count). The summed E-state index contributed by atoms with van der Waals surface area (Å²) in [7, 11) is 0. The van der Waals surface area contributed by atoms with Gasteiger partial charge in [-0.3, -0.25) is 0 Å². The zero-order chi connectivity index (χ0) is 44.8. The molecule has 3 heterocycles. The Morgan fingerprint density at radius 3 is 1.31 bits per heavy atom. The van der Waals surface area contributed by atoms with E-state index in [1.165, 1.54) is 4.57 Å². The fourth-order valence-corrected chi connectivity index (χ4v) is 7.65. The minimum Gasteiger partial charge on any atom is -0.309 e. The van der Waals surface area contributed by atoms with Crippen molar-refractivity contribution < 1.29 is 17.8 Å². The molecule has 3 nitrogen and oxygen atoms in total. The fraction of sp³-hybridized carbons (Fsp3) is 0. The van der Waals surface area contributed by atoms with Crippen LogP contribution in [0.25, 0.3) is 93.6 Å². The van der Waals surface area contributed by atoms with Crippen LogP contribution in [0.1, 0.15) is 17.8 Å². The Kier molecular flexibility index (Phi) is 3.87. The van der Waals surface area contributed by atoms with E-state index in [9.17, 15) is 0 Å². The van der Waals surface area contributed by atoms with E-state index in [-0.39, 0.29) is 39.5 Å². The van der Waals surface area contributed by atoms with E-state index in [0.29, 0.717) is 33.5 Å². The molecule has 0 N–H and O–H groups in total. The molecule has 0 aliphatic carbocycles. The third-order valence-electron chi connectivity index (χ3n) is 9.73. The average Bonchev–Trinajstić information content (AvgIpc) is 3.96. The van der Waals surface area contributed by atoms with E-state index < -0.39 is 66.5 Å². The lowest BCUT2D eigenvalue weighted by atomic mass is 10.0. The summed E-state index contributed by atoms with van der Waals surface area (Å²) in [5.41, 5.74) is 5.39. The maximum Gasteiger partial charge on any atom is 0.0645 e. The minimum atomic E-state index is -0.520. The summed E-state index contributed by atoms with van der Waals surface area (Å²) >= 11 is 0. The normalized spacial score (nSPS) is 15.5. The van der Waals surface area contributed by atoms with Crippen LogP contribution in [0.4, 0.5) is 0 Å². The van der Waals surface area contributed by atoms with Crippen LogP contribution in [0.15, 0.2) is 188 Å². The van der Waals surface area contributed by atoms with Crippen molar-refractivity contribution >= 4 is 65.4 Å². The quantitative estimate of drug-likeness (QED) is 0.178. The SMILES string of the molecule is [2H]c1c([2H])c([2H])c(-c2cc(-n3c4ccccc4c4ccccc43)cc(-n3c4ccccc4c4cc(-n5c6c([2H])c([2H])c([2H])c([2H])c6c6c([2H])c([2H])c([2H])c([2H])c65)ccc43)c2)c([2H])c1[2H]. The molecular weight excluding hydrogens is 619 g/mol. The lowest BCUT2D eigenvalue weighted by Crippen LogP contribution is -2.00. The molecular formula is C48H31N3. The van der Waals surface area contributed by atoms with Gasteiger partial charge in [-0.05, 0) is 77.8 Å². The Morgan fingerprint density at radius 1 is 0.294 bits per heavy atom. The molecule has 3 aromatic heterocycles. The maximum atomic E-state index is 9.05. The number of aromatic nitrogens is 3. The Balaban J connectivity index is 1.25. The van der Waals surface area contributed by atoms with Crippen molar-refractivity contribution in [2.75, 3.05) is 0 Å². The second-order valence-corrected chi connectivity index (χ2v) is 12.4. The first-order valence-corrected chi connectivity index (χ1v) is 16.5. The summed E-state index contributed by atoms with van der Waals surface area (Å²) in [5.74, 6) is 0. The van der Waals surface area contributed by atoms with Gasteiger partial charge in [0.1, 0.15) is 0 Å². The molecule has 238 valence electrons. The summed E-state index contributed by atoms with van der Waals surface area (Å²) in [4.78, 5) is 0. The number of hydrogen-bond donors (Lipinski definition) is 0. The smallest absolute Gasteiger partial charge is 0.0645 e. The highest BCUT2D eigenvalue weighted by atomic mass is 15.0. The first-order chi connectivity index (χ1) is 30.7. The molecule has 0 saturated heterocycles. The molecule has 0 spiro atoms. The van der Waals surface area contributed by atoms with Gasteiger partial charge in [-0.1, -0.05) is 121 Å². The highest BCUT2D eigenvalue weighted by Gasteiger charge is 2.19. The van der Waals surface area contributed by atoms with Crippen LogP contribution in [-0.2, 0) is 0 Å². The van der Waals surface area contributed by atoms with Crippen molar-refractivity contribution in [1.29, 1.82) is 0 Å². The van der Waals surface area contributed by atoms with Gasteiger partial charge in [0.05, 0.1) is 50.9 Å². The summed E-state index contributed by atoms with van der Waals surface area (Å²) in [6, 6.07) is 29.0. The van der Waals surface area contributed by atoms with Crippen molar-refractivity contribution in [2.45, 2.75) is 0 Å². The zero-order valence-electron chi connectivity index (χ0n) is 39.7. The Bertz CT molecular complexity index is 3740. The number of benzene rings is 8. The Labute approximate surface area is 312 Å². The molecule has 0 bridgehead atoms. The predicted molar refractivity (Wildman–Crippen MR) is 215 cm³/mol. The maximum absolute atomic E-state index is 9.05. The molecule has 0 fully saturated rings. The number of nitrogens with zero attached hydrogens (tertiary/aromatic N) is 3. The van der Waals surface area contributed by atoms with E-state index in [1.54, 1.807) is 6.07 Å². The van der Waals surface area contributed by atoms with Crippen molar-refractivity contribution in [3.05, 3.63) is 188 Å². The van der Waals surface area contributed by atoms with Crippen LogP contribution in [-0.4, -0.2) is 13.7 Å². The van der Waals surface area contributed by atoms with Gasteiger partial charge in [0.2, 0.25) is 0 Å². The predicted octanol–water partition coefficient (Wildman–Crippen LogP) is 12.6. The van der Waals surface area contributed by atoms with Gasteiger partial charge in [0.15, 0.2) is 0 Å². The van der Waals surface area contributed by atoms with E-state index in [1.807, 2.05) is 108 Å². The Morgan fingerprint density at radius 2 is 0.745 bits per heavy atom. The van der Waals surface area contributed by atoms with Gasteiger partial charge in [0.25, 0.3) is 0 Å².